The summed E-state index contributed by atoms with van der Waals surface area (Å²) in [7, 11) is 0. The Morgan fingerprint density at radius 2 is 2.00 bits per heavy atom. The van der Waals surface area contributed by atoms with Crippen LogP contribution in [-0.4, -0.2) is 22.3 Å². The summed E-state index contributed by atoms with van der Waals surface area (Å²) in [5.74, 6) is 0.757. The van der Waals surface area contributed by atoms with Crippen LogP contribution in [0.4, 0.5) is 0 Å². The molecule has 0 saturated heterocycles. The Hall–Kier alpha value is -2.26. The van der Waals surface area contributed by atoms with Gasteiger partial charge in [0.25, 0.3) is 0 Å². The second kappa shape index (κ2) is 8.00. The molecule has 4 rings (SSSR count). The summed E-state index contributed by atoms with van der Waals surface area (Å²) in [6.45, 7) is 5.22. The average Bonchev–Trinajstić information content (AvgIpc) is 3.05. The molecule has 3 nitrogen and oxygen atoms in total. The van der Waals surface area contributed by atoms with Crippen LogP contribution in [0.5, 0.6) is 0 Å². The van der Waals surface area contributed by atoms with Crippen molar-refractivity contribution in [3.8, 4) is 0 Å². The van der Waals surface area contributed by atoms with Gasteiger partial charge in [-0.3, -0.25) is 4.79 Å². The van der Waals surface area contributed by atoms with Crippen LogP contribution in [0.3, 0.4) is 0 Å². The zero-order valence-electron chi connectivity index (χ0n) is 16.5. The monoisotopic (exact) mass is 394 g/mol. The third-order valence-electron chi connectivity index (χ3n) is 5.70. The highest BCUT2D eigenvalue weighted by atomic mass is 35.5. The second-order valence-corrected chi connectivity index (χ2v) is 8.61. The van der Waals surface area contributed by atoms with E-state index in [2.05, 4.69) is 35.9 Å². The molecule has 4 heteroatoms. The number of hydrogen-bond acceptors (Lipinski definition) is 1. The van der Waals surface area contributed by atoms with E-state index in [4.69, 9.17) is 11.6 Å². The van der Waals surface area contributed by atoms with Crippen LogP contribution in [0.1, 0.15) is 49.6 Å². The van der Waals surface area contributed by atoms with Gasteiger partial charge in [-0.25, -0.2) is 0 Å². The molecular formula is C24H27ClN2O. The number of hydrogen-bond donors (Lipinski definition) is 1. The van der Waals surface area contributed by atoms with Gasteiger partial charge in [-0.1, -0.05) is 55.8 Å². The van der Waals surface area contributed by atoms with E-state index in [0.29, 0.717) is 12.3 Å². The predicted octanol–water partition coefficient (Wildman–Crippen LogP) is 5.93. The van der Waals surface area contributed by atoms with Gasteiger partial charge in [-0.15, -0.1) is 0 Å². The quantitative estimate of drug-likeness (QED) is 0.572. The lowest BCUT2D eigenvalue weighted by Crippen LogP contribution is -2.40. The minimum Gasteiger partial charge on any atom is -0.356 e. The van der Waals surface area contributed by atoms with E-state index in [9.17, 15) is 4.79 Å². The number of carbonyl (C=O) groups excluding carboxylic acids is 1. The summed E-state index contributed by atoms with van der Waals surface area (Å²) in [5.41, 5.74) is 4.86. The largest absolute Gasteiger partial charge is 0.356 e. The first-order valence-electron chi connectivity index (χ1n) is 10.2. The molecule has 3 aromatic rings. The van der Waals surface area contributed by atoms with Gasteiger partial charge < -0.3 is 9.88 Å². The van der Waals surface area contributed by atoms with Gasteiger partial charge in [0.15, 0.2) is 0 Å². The highest BCUT2D eigenvalue weighted by Crippen LogP contribution is 2.38. The molecule has 1 amide bonds. The highest BCUT2D eigenvalue weighted by Gasteiger charge is 2.33. The van der Waals surface area contributed by atoms with E-state index >= 15 is 0 Å². The standard InChI is InChI=1S/C24H27ClN2O/c1-16(2)14-22-24-19(20-15-18(25)9-10-21(20)26-24)12-13-27(22)23(28)11-8-17-6-4-3-5-7-17/h3-7,9-10,15-16,22,26H,8,11-14H2,1-2H3. The fourth-order valence-corrected chi connectivity index (χ4v) is 4.54. The minimum atomic E-state index is 0.109. The molecule has 1 aliphatic heterocycles. The van der Waals surface area contributed by atoms with Crippen molar-refractivity contribution >= 4 is 28.4 Å². The molecule has 1 atom stereocenters. The smallest absolute Gasteiger partial charge is 0.223 e. The number of H-pyrrole nitrogens is 1. The van der Waals surface area contributed by atoms with E-state index in [1.165, 1.54) is 22.2 Å². The van der Waals surface area contributed by atoms with Crippen molar-refractivity contribution in [1.82, 2.24) is 9.88 Å². The van der Waals surface area contributed by atoms with Crippen molar-refractivity contribution in [3.05, 3.63) is 70.4 Å². The molecule has 0 aliphatic carbocycles. The molecule has 0 radical (unpaired) electrons. The molecular weight excluding hydrogens is 368 g/mol. The number of nitrogens with zero attached hydrogens (tertiary/aromatic N) is 1. The van der Waals surface area contributed by atoms with Crippen molar-refractivity contribution in [1.29, 1.82) is 0 Å². The number of halogens is 1. The molecule has 1 N–H and O–H groups in total. The number of rotatable bonds is 5. The number of nitrogens with one attached hydrogen (secondary N) is 1. The van der Waals surface area contributed by atoms with Crippen molar-refractivity contribution in [2.45, 2.75) is 45.6 Å². The molecule has 0 bridgehead atoms. The number of aromatic nitrogens is 1. The Bertz CT molecular complexity index is 977. The van der Waals surface area contributed by atoms with Crippen molar-refractivity contribution in [3.63, 3.8) is 0 Å². The summed E-state index contributed by atoms with van der Waals surface area (Å²) in [6.07, 6.45) is 3.19. The van der Waals surface area contributed by atoms with E-state index < -0.39 is 0 Å². The molecule has 0 spiro atoms. The molecule has 2 aromatic carbocycles. The van der Waals surface area contributed by atoms with Crippen LogP contribution in [0, 0.1) is 5.92 Å². The summed E-state index contributed by atoms with van der Waals surface area (Å²) < 4.78 is 0. The number of benzene rings is 2. The average molecular weight is 395 g/mol. The van der Waals surface area contributed by atoms with E-state index in [1.54, 1.807) is 0 Å². The third kappa shape index (κ3) is 3.81. The zero-order chi connectivity index (χ0) is 19.7. The topological polar surface area (TPSA) is 36.1 Å². The number of aryl methyl sites for hydroxylation is 1. The highest BCUT2D eigenvalue weighted by molar-refractivity contribution is 6.31. The number of amides is 1. The number of fused-ring (bicyclic) bond motifs is 3. The van der Waals surface area contributed by atoms with E-state index in [-0.39, 0.29) is 11.9 Å². The van der Waals surface area contributed by atoms with Crippen LogP contribution < -0.4 is 0 Å². The SMILES string of the molecule is CC(C)CC1c2[nH]c3ccc(Cl)cc3c2CCN1C(=O)CCc1ccccc1. The lowest BCUT2D eigenvalue weighted by Gasteiger charge is -2.37. The fourth-order valence-electron chi connectivity index (χ4n) is 4.37. The second-order valence-electron chi connectivity index (χ2n) is 8.18. The molecule has 28 heavy (non-hydrogen) atoms. The van der Waals surface area contributed by atoms with Crippen molar-refractivity contribution in [2.75, 3.05) is 6.54 Å². The molecule has 1 unspecified atom stereocenters. The molecule has 0 fully saturated rings. The normalized spacial score (nSPS) is 16.6. The lowest BCUT2D eigenvalue weighted by atomic mass is 9.91. The van der Waals surface area contributed by atoms with Gasteiger partial charge in [0, 0.05) is 34.6 Å². The number of carbonyl (C=O) groups is 1. The first-order chi connectivity index (χ1) is 13.5. The van der Waals surface area contributed by atoms with Crippen LogP contribution >= 0.6 is 11.6 Å². The lowest BCUT2D eigenvalue weighted by molar-refractivity contribution is -0.134. The number of aromatic amines is 1. The van der Waals surface area contributed by atoms with Crippen molar-refractivity contribution in [2.24, 2.45) is 5.92 Å². The van der Waals surface area contributed by atoms with Gasteiger partial charge in [0.2, 0.25) is 5.91 Å². The third-order valence-corrected chi connectivity index (χ3v) is 5.93. The van der Waals surface area contributed by atoms with Crippen LogP contribution in [0.25, 0.3) is 10.9 Å². The first kappa shape index (κ1) is 19.1. The fraction of sp³-hybridized carbons (Fsp3) is 0.375. The summed E-state index contributed by atoms with van der Waals surface area (Å²) >= 11 is 6.24. The van der Waals surface area contributed by atoms with Gasteiger partial charge >= 0.3 is 0 Å². The maximum atomic E-state index is 13.1. The maximum absolute atomic E-state index is 13.1. The Labute approximate surface area is 171 Å². The Morgan fingerprint density at radius 3 is 2.75 bits per heavy atom. The molecule has 2 heterocycles. The Balaban J connectivity index is 1.61. The first-order valence-corrected chi connectivity index (χ1v) is 10.5. The minimum absolute atomic E-state index is 0.109. The van der Waals surface area contributed by atoms with Gasteiger partial charge in [0.05, 0.1) is 6.04 Å². The van der Waals surface area contributed by atoms with E-state index in [0.717, 1.165) is 36.3 Å². The Morgan fingerprint density at radius 1 is 1.21 bits per heavy atom. The van der Waals surface area contributed by atoms with Crippen molar-refractivity contribution < 1.29 is 4.79 Å². The predicted molar refractivity (Wildman–Crippen MR) is 116 cm³/mol. The Kier molecular flexibility index (Phi) is 5.45. The van der Waals surface area contributed by atoms with Gasteiger partial charge in [-0.05, 0) is 54.5 Å². The van der Waals surface area contributed by atoms with Crippen LogP contribution in [0.15, 0.2) is 48.5 Å². The van der Waals surface area contributed by atoms with Gasteiger partial charge in [0.1, 0.15) is 0 Å². The molecule has 1 aliphatic rings. The molecule has 0 saturated carbocycles. The zero-order valence-corrected chi connectivity index (χ0v) is 17.3. The maximum Gasteiger partial charge on any atom is 0.223 e. The molecule has 146 valence electrons. The van der Waals surface area contributed by atoms with E-state index in [1.807, 2.05) is 36.4 Å². The summed E-state index contributed by atoms with van der Waals surface area (Å²) in [4.78, 5) is 18.8. The molecule has 1 aromatic heterocycles. The summed E-state index contributed by atoms with van der Waals surface area (Å²) in [6, 6.07) is 16.4. The van der Waals surface area contributed by atoms with Crippen LogP contribution in [-0.2, 0) is 17.6 Å². The summed E-state index contributed by atoms with van der Waals surface area (Å²) in [5, 5.41) is 1.96. The van der Waals surface area contributed by atoms with Gasteiger partial charge in [-0.2, -0.15) is 0 Å². The van der Waals surface area contributed by atoms with Crippen LogP contribution in [0.2, 0.25) is 5.02 Å².